The average Bonchev–Trinajstić information content (AvgIpc) is 2.79. The van der Waals surface area contributed by atoms with Crippen LogP contribution in [0.3, 0.4) is 0 Å². The molecule has 0 fully saturated rings. The van der Waals surface area contributed by atoms with Gasteiger partial charge in [0.25, 0.3) is 0 Å². The van der Waals surface area contributed by atoms with Gasteiger partial charge in [-0.15, -0.1) is 0 Å². The van der Waals surface area contributed by atoms with Crippen LogP contribution in [0.4, 0.5) is 0 Å². The van der Waals surface area contributed by atoms with Crippen molar-refractivity contribution >= 4 is 17.5 Å². The van der Waals surface area contributed by atoms with Gasteiger partial charge in [0, 0.05) is 24.7 Å². The van der Waals surface area contributed by atoms with E-state index in [4.69, 9.17) is 14.9 Å². The molecule has 0 aliphatic rings. The van der Waals surface area contributed by atoms with Crippen molar-refractivity contribution < 1.29 is 29.3 Å². The SMILES string of the molecule is CCC(CC)OC(=O)[C@H](C)C(=O)[C@H](C)C(C(C)C)[C@@](C)(C[C@@H](C)C(=N)[C@H](C)[C@@H](O)CO)OC. The van der Waals surface area contributed by atoms with Gasteiger partial charge >= 0.3 is 5.97 Å². The van der Waals surface area contributed by atoms with Gasteiger partial charge in [-0.25, -0.2) is 0 Å². The van der Waals surface area contributed by atoms with E-state index in [-0.39, 0.29) is 29.6 Å². The number of hydrogen-bond acceptors (Lipinski definition) is 7. The van der Waals surface area contributed by atoms with Gasteiger partial charge in [-0.3, -0.25) is 9.59 Å². The molecule has 0 spiro atoms. The van der Waals surface area contributed by atoms with Crippen molar-refractivity contribution in [1.82, 2.24) is 0 Å². The van der Waals surface area contributed by atoms with E-state index in [1.165, 1.54) is 0 Å². The fourth-order valence-electron chi connectivity index (χ4n) is 5.11. The number of aliphatic hydroxyl groups excluding tert-OH is 2. The predicted molar refractivity (Wildman–Crippen MR) is 131 cm³/mol. The first-order chi connectivity index (χ1) is 15.2. The summed E-state index contributed by atoms with van der Waals surface area (Å²) >= 11 is 0. The molecule has 7 heteroatoms. The summed E-state index contributed by atoms with van der Waals surface area (Å²) in [5, 5.41) is 27.7. The summed E-state index contributed by atoms with van der Waals surface area (Å²) in [5.41, 5.74) is -0.402. The average molecular weight is 472 g/mol. The van der Waals surface area contributed by atoms with Gasteiger partial charge in [-0.2, -0.15) is 0 Å². The van der Waals surface area contributed by atoms with Crippen LogP contribution in [-0.2, 0) is 19.1 Å². The Kier molecular flexibility index (Phi) is 13.6. The molecule has 7 atom stereocenters. The van der Waals surface area contributed by atoms with Crippen molar-refractivity contribution in [3.63, 3.8) is 0 Å². The molecule has 0 saturated carbocycles. The van der Waals surface area contributed by atoms with Crippen molar-refractivity contribution in [2.45, 2.75) is 99.4 Å². The van der Waals surface area contributed by atoms with Crippen molar-refractivity contribution in [3.8, 4) is 0 Å². The van der Waals surface area contributed by atoms with Crippen LogP contribution in [0, 0.1) is 40.9 Å². The zero-order valence-corrected chi connectivity index (χ0v) is 22.5. The molecule has 0 aliphatic carbocycles. The molecule has 1 unspecified atom stereocenters. The number of methoxy groups -OCH3 is 1. The Labute approximate surface area is 201 Å². The Bertz CT molecular complexity index is 632. The van der Waals surface area contributed by atoms with E-state index >= 15 is 0 Å². The quantitative estimate of drug-likeness (QED) is 0.176. The topological polar surface area (TPSA) is 117 Å². The van der Waals surface area contributed by atoms with Crippen LogP contribution in [0.5, 0.6) is 0 Å². The first-order valence-corrected chi connectivity index (χ1v) is 12.4. The molecule has 0 radical (unpaired) electrons. The smallest absolute Gasteiger partial charge is 0.316 e. The Hall–Kier alpha value is -1.31. The normalized spacial score (nSPS) is 19.3. The summed E-state index contributed by atoms with van der Waals surface area (Å²) in [6, 6.07) is 0. The lowest BCUT2D eigenvalue weighted by Crippen LogP contribution is -2.49. The highest BCUT2D eigenvalue weighted by Crippen LogP contribution is 2.40. The van der Waals surface area contributed by atoms with Crippen LogP contribution < -0.4 is 0 Å². The highest BCUT2D eigenvalue weighted by molar-refractivity contribution is 5.99. The van der Waals surface area contributed by atoms with Crippen molar-refractivity contribution in [2.75, 3.05) is 13.7 Å². The zero-order chi connectivity index (χ0) is 26.1. The van der Waals surface area contributed by atoms with Crippen LogP contribution >= 0.6 is 0 Å². The second kappa shape index (κ2) is 14.2. The summed E-state index contributed by atoms with van der Waals surface area (Å²) in [7, 11) is 1.61. The molecular weight excluding hydrogens is 422 g/mol. The lowest BCUT2D eigenvalue weighted by molar-refractivity contribution is -0.159. The van der Waals surface area contributed by atoms with Gasteiger partial charge in [0.05, 0.1) is 18.3 Å². The fourth-order valence-corrected chi connectivity index (χ4v) is 5.11. The van der Waals surface area contributed by atoms with Gasteiger partial charge in [0.2, 0.25) is 0 Å². The Morgan fingerprint density at radius 2 is 1.52 bits per heavy atom. The summed E-state index contributed by atoms with van der Waals surface area (Å²) in [5.74, 6) is -2.80. The van der Waals surface area contributed by atoms with Crippen LogP contribution in [0.15, 0.2) is 0 Å². The van der Waals surface area contributed by atoms with E-state index in [0.29, 0.717) is 25.0 Å². The second-order valence-electron chi connectivity index (χ2n) is 10.2. The number of esters is 1. The minimum atomic E-state index is -0.989. The highest BCUT2D eigenvalue weighted by atomic mass is 16.5. The first-order valence-electron chi connectivity index (χ1n) is 12.4. The summed E-state index contributed by atoms with van der Waals surface area (Å²) in [6.45, 7) is 16.6. The summed E-state index contributed by atoms with van der Waals surface area (Å²) in [6.07, 6.45) is 0.719. The molecule has 0 amide bonds. The number of carbonyl (C=O) groups excluding carboxylic acids is 2. The number of aliphatic hydroxyl groups is 2. The third-order valence-corrected chi connectivity index (χ3v) is 7.35. The maximum absolute atomic E-state index is 13.3. The minimum Gasteiger partial charge on any atom is -0.462 e. The maximum Gasteiger partial charge on any atom is 0.316 e. The number of hydrogen-bond donors (Lipinski definition) is 3. The molecular formula is C26H49NO6. The van der Waals surface area contributed by atoms with Crippen molar-refractivity contribution in [3.05, 3.63) is 0 Å². The number of carbonyl (C=O) groups is 2. The standard InChI is InChI=1S/C26H49NO6/c1-11-20(12-2)33-25(31)19(8)24(30)18(7)22(15(3)4)26(9,32-10)13-16(5)23(27)17(6)21(29)14-28/h15-22,27-29H,11-14H2,1-10H3/t16-,17-,18-,19-,21+,22?,26-/m1/s1. The third kappa shape index (κ3) is 8.45. The molecule has 0 aromatic rings. The largest absolute Gasteiger partial charge is 0.462 e. The van der Waals surface area contributed by atoms with Gasteiger partial charge in [-0.1, -0.05) is 48.5 Å². The van der Waals surface area contributed by atoms with E-state index in [1.807, 2.05) is 48.5 Å². The molecule has 0 heterocycles. The Morgan fingerprint density at radius 1 is 1.00 bits per heavy atom. The second-order valence-corrected chi connectivity index (χ2v) is 10.2. The van der Waals surface area contributed by atoms with Gasteiger partial charge in [0.1, 0.15) is 17.8 Å². The number of rotatable bonds is 16. The molecule has 194 valence electrons. The number of ether oxygens (including phenoxy) is 2. The molecule has 7 nitrogen and oxygen atoms in total. The molecule has 0 aromatic carbocycles. The summed E-state index contributed by atoms with van der Waals surface area (Å²) < 4.78 is 11.5. The predicted octanol–water partition coefficient (Wildman–Crippen LogP) is 4.27. The first kappa shape index (κ1) is 31.7. The number of nitrogens with one attached hydrogen (secondary N) is 1. The monoisotopic (exact) mass is 471 g/mol. The molecule has 3 N–H and O–H groups in total. The van der Waals surface area contributed by atoms with E-state index < -0.39 is 42.0 Å². The van der Waals surface area contributed by atoms with Gasteiger partial charge < -0.3 is 25.1 Å². The van der Waals surface area contributed by atoms with Crippen molar-refractivity contribution in [1.29, 1.82) is 5.41 Å². The number of ketones is 1. The van der Waals surface area contributed by atoms with Gasteiger partial charge in [-0.05, 0) is 50.9 Å². The maximum atomic E-state index is 13.3. The van der Waals surface area contributed by atoms with Gasteiger partial charge in [0.15, 0.2) is 0 Å². The highest BCUT2D eigenvalue weighted by Gasteiger charge is 2.45. The molecule has 0 saturated heterocycles. The Balaban J connectivity index is 5.73. The van der Waals surface area contributed by atoms with Crippen LogP contribution in [0.1, 0.15) is 81.6 Å². The fraction of sp³-hybridized carbons (Fsp3) is 0.885. The molecule has 0 aromatic heterocycles. The lowest BCUT2D eigenvalue weighted by Gasteiger charge is -2.44. The van der Waals surface area contributed by atoms with E-state index in [1.54, 1.807) is 21.0 Å². The van der Waals surface area contributed by atoms with Crippen LogP contribution in [0.25, 0.3) is 0 Å². The minimum absolute atomic E-state index is 0.0815. The zero-order valence-electron chi connectivity index (χ0n) is 22.5. The molecule has 0 bridgehead atoms. The molecule has 0 rings (SSSR count). The van der Waals surface area contributed by atoms with E-state index in [0.717, 1.165) is 0 Å². The summed E-state index contributed by atoms with van der Waals surface area (Å²) in [4.78, 5) is 26.0. The Morgan fingerprint density at radius 3 is 1.91 bits per heavy atom. The molecule has 0 aliphatic heterocycles. The van der Waals surface area contributed by atoms with Crippen LogP contribution in [0.2, 0.25) is 0 Å². The van der Waals surface area contributed by atoms with E-state index in [9.17, 15) is 19.8 Å². The lowest BCUT2D eigenvalue weighted by atomic mass is 9.66. The van der Waals surface area contributed by atoms with E-state index in [2.05, 4.69) is 0 Å². The molecule has 33 heavy (non-hydrogen) atoms. The van der Waals surface area contributed by atoms with Crippen LogP contribution in [-0.4, -0.2) is 59.2 Å². The van der Waals surface area contributed by atoms with Crippen molar-refractivity contribution in [2.24, 2.45) is 35.5 Å². The number of Topliss-reactive ketones (excluding diaryl/α,β-unsaturated/α-hetero) is 1. The third-order valence-electron chi connectivity index (χ3n) is 7.35.